The van der Waals surface area contributed by atoms with Crippen LogP contribution in [0.1, 0.15) is 0 Å². The maximum atomic E-state index is 11.9. The molecule has 0 saturated carbocycles. The van der Waals surface area contributed by atoms with Gasteiger partial charge < -0.3 is 9.47 Å². The Morgan fingerprint density at radius 2 is 1.81 bits per heavy atom. The summed E-state index contributed by atoms with van der Waals surface area (Å²) < 4.78 is 12.8. The van der Waals surface area contributed by atoms with Gasteiger partial charge >= 0.3 is 5.69 Å². The van der Waals surface area contributed by atoms with E-state index in [4.69, 9.17) is 9.47 Å². The summed E-state index contributed by atoms with van der Waals surface area (Å²) in [4.78, 5) is 23.5. The van der Waals surface area contributed by atoms with Gasteiger partial charge in [0.1, 0.15) is 0 Å². The molecule has 2 aliphatic rings. The molecular formula is C10H12N2O4. The van der Waals surface area contributed by atoms with E-state index in [-0.39, 0.29) is 23.5 Å². The van der Waals surface area contributed by atoms with E-state index in [0.717, 1.165) is 0 Å². The van der Waals surface area contributed by atoms with Crippen molar-refractivity contribution in [3.8, 4) is 0 Å². The van der Waals surface area contributed by atoms with E-state index in [2.05, 4.69) is 0 Å². The van der Waals surface area contributed by atoms with E-state index in [0.29, 0.717) is 26.3 Å². The second kappa shape index (κ2) is 3.57. The van der Waals surface area contributed by atoms with Gasteiger partial charge in [-0.3, -0.25) is 13.9 Å². The molecule has 0 amide bonds. The van der Waals surface area contributed by atoms with Crippen LogP contribution in [-0.4, -0.2) is 34.6 Å². The van der Waals surface area contributed by atoms with Gasteiger partial charge in [0.25, 0.3) is 5.56 Å². The first-order valence-corrected chi connectivity index (χ1v) is 5.27. The molecule has 1 aromatic rings. The molecule has 0 radical (unpaired) electrons. The van der Waals surface area contributed by atoms with Gasteiger partial charge in [-0.25, -0.2) is 4.79 Å². The first-order valence-electron chi connectivity index (χ1n) is 5.27. The minimum atomic E-state index is -0.279. The van der Waals surface area contributed by atoms with Crippen LogP contribution in [0.25, 0.3) is 0 Å². The first-order chi connectivity index (χ1) is 7.74. The zero-order valence-electron chi connectivity index (χ0n) is 8.67. The Morgan fingerprint density at radius 3 is 2.44 bits per heavy atom. The lowest BCUT2D eigenvalue weighted by Crippen LogP contribution is -2.40. The summed E-state index contributed by atoms with van der Waals surface area (Å²) >= 11 is 0. The molecule has 0 aliphatic carbocycles. The highest BCUT2D eigenvalue weighted by atomic mass is 16.6. The third kappa shape index (κ3) is 1.94. The molecule has 2 fully saturated rings. The van der Waals surface area contributed by atoms with Gasteiger partial charge in [0.15, 0.2) is 0 Å². The van der Waals surface area contributed by atoms with Crippen molar-refractivity contribution < 1.29 is 9.47 Å². The van der Waals surface area contributed by atoms with Gasteiger partial charge in [-0.2, -0.15) is 0 Å². The molecule has 2 atom stereocenters. The van der Waals surface area contributed by atoms with Crippen molar-refractivity contribution in [3.05, 3.63) is 33.1 Å². The molecule has 0 aromatic carbocycles. The highest BCUT2D eigenvalue weighted by Gasteiger charge is 2.26. The van der Waals surface area contributed by atoms with Crippen LogP contribution in [0.5, 0.6) is 0 Å². The standard InChI is InChI=1S/C10H12N2O4/c13-9-1-2-11(3-7-5-15-7)10(14)12(9)4-8-6-16-8/h1-2,7-8H,3-6H2. The Bertz CT molecular complexity index is 510. The molecule has 6 heteroatoms. The molecule has 86 valence electrons. The lowest BCUT2D eigenvalue weighted by Gasteiger charge is -2.07. The van der Waals surface area contributed by atoms with E-state index in [9.17, 15) is 9.59 Å². The molecule has 1 aromatic heterocycles. The van der Waals surface area contributed by atoms with Gasteiger partial charge in [0.2, 0.25) is 0 Å². The normalized spacial score (nSPS) is 26.8. The van der Waals surface area contributed by atoms with E-state index < -0.39 is 0 Å². The molecular weight excluding hydrogens is 212 g/mol. The highest BCUT2D eigenvalue weighted by molar-refractivity contribution is 4.89. The summed E-state index contributed by atoms with van der Waals surface area (Å²) in [6.45, 7) is 2.19. The fraction of sp³-hybridized carbons (Fsp3) is 0.600. The van der Waals surface area contributed by atoms with Crippen molar-refractivity contribution in [2.45, 2.75) is 25.3 Å². The minimum absolute atomic E-state index is 0.0263. The van der Waals surface area contributed by atoms with Crippen LogP contribution in [-0.2, 0) is 22.6 Å². The summed E-state index contributed by atoms with van der Waals surface area (Å²) in [7, 11) is 0. The molecule has 3 rings (SSSR count). The van der Waals surface area contributed by atoms with Crippen molar-refractivity contribution in [1.82, 2.24) is 9.13 Å². The number of hydrogen-bond acceptors (Lipinski definition) is 4. The van der Waals surface area contributed by atoms with Crippen molar-refractivity contribution in [2.75, 3.05) is 13.2 Å². The van der Waals surface area contributed by atoms with E-state index in [1.807, 2.05) is 0 Å². The SMILES string of the molecule is O=c1ccn(CC2CO2)c(=O)n1CC1CO1. The maximum absolute atomic E-state index is 11.9. The number of hydrogen-bond donors (Lipinski definition) is 0. The van der Waals surface area contributed by atoms with Crippen molar-refractivity contribution in [3.63, 3.8) is 0 Å². The zero-order chi connectivity index (χ0) is 11.1. The van der Waals surface area contributed by atoms with Crippen LogP contribution >= 0.6 is 0 Å². The van der Waals surface area contributed by atoms with Crippen LogP contribution in [0.3, 0.4) is 0 Å². The highest BCUT2D eigenvalue weighted by Crippen LogP contribution is 2.11. The van der Waals surface area contributed by atoms with Crippen LogP contribution in [0, 0.1) is 0 Å². The molecule has 0 bridgehead atoms. The minimum Gasteiger partial charge on any atom is -0.371 e. The van der Waals surface area contributed by atoms with Crippen LogP contribution in [0.2, 0.25) is 0 Å². The molecule has 2 saturated heterocycles. The van der Waals surface area contributed by atoms with Crippen LogP contribution in [0.4, 0.5) is 0 Å². The van der Waals surface area contributed by atoms with E-state index in [1.54, 1.807) is 0 Å². The predicted octanol–water partition coefficient (Wildman–Crippen LogP) is -1.19. The monoisotopic (exact) mass is 224 g/mol. The number of nitrogens with zero attached hydrogens (tertiary/aromatic N) is 2. The Labute approximate surface area is 91.0 Å². The van der Waals surface area contributed by atoms with Gasteiger partial charge in [0.05, 0.1) is 38.5 Å². The lowest BCUT2D eigenvalue weighted by atomic mass is 10.4. The molecule has 2 unspecified atom stereocenters. The Hall–Kier alpha value is -1.40. The second-order valence-corrected chi connectivity index (χ2v) is 4.11. The fourth-order valence-electron chi connectivity index (χ4n) is 1.63. The third-order valence-electron chi connectivity index (χ3n) is 2.73. The van der Waals surface area contributed by atoms with Gasteiger partial charge in [0, 0.05) is 12.3 Å². The molecule has 2 aliphatic heterocycles. The molecule has 6 nitrogen and oxygen atoms in total. The molecule has 0 spiro atoms. The summed E-state index contributed by atoms with van der Waals surface area (Å²) in [6.07, 6.45) is 1.68. The van der Waals surface area contributed by atoms with Gasteiger partial charge in [-0.05, 0) is 0 Å². The van der Waals surface area contributed by atoms with Crippen molar-refractivity contribution >= 4 is 0 Å². The average Bonchev–Trinajstić information content (AvgIpc) is 3.11. The molecule has 3 heterocycles. The summed E-state index contributed by atoms with van der Waals surface area (Å²) in [5, 5.41) is 0. The second-order valence-electron chi connectivity index (χ2n) is 4.11. The third-order valence-corrected chi connectivity index (χ3v) is 2.73. The van der Waals surface area contributed by atoms with Crippen molar-refractivity contribution in [2.24, 2.45) is 0 Å². The Morgan fingerprint density at radius 1 is 1.19 bits per heavy atom. The number of rotatable bonds is 4. The fourth-order valence-corrected chi connectivity index (χ4v) is 1.63. The number of aromatic nitrogens is 2. The zero-order valence-corrected chi connectivity index (χ0v) is 8.67. The predicted molar refractivity (Wildman–Crippen MR) is 54.4 cm³/mol. The molecule has 16 heavy (non-hydrogen) atoms. The summed E-state index contributed by atoms with van der Waals surface area (Å²) in [5.74, 6) is 0. The Kier molecular flexibility index (Phi) is 2.19. The lowest BCUT2D eigenvalue weighted by molar-refractivity contribution is 0.360. The average molecular weight is 224 g/mol. The Balaban J connectivity index is 1.93. The summed E-state index contributed by atoms with van der Waals surface area (Å²) in [6, 6.07) is 1.41. The number of epoxide rings is 2. The van der Waals surface area contributed by atoms with Crippen LogP contribution < -0.4 is 11.2 Å². The quantitative estimate of drug-likeness (QED) is 0.603. The molecule has 0 N–H and O–H groups in total. The largest absolute Gasteiger partial charge is 0.371 e. The van der Waals surface area contributed by atoms with E-state index in [1.165, 1.54) is 21.4 Å². The summed E-state index contributed by atoms with van der Waals surface area (Å²) in [5.41, 5.74) is -0.549. The first kappa shape index (κ1) is 9.80. The van der Waals surface area contributed by atoms with Crippen LogP contribution in [0.15, 0.2) is 21.9 Å². The topological polar surface area (TPSA) is 69.1 Å². The van der Waals surface area contributed by atoms with Crippen molar-refractivity contribution in [1.29, 1.82) is 0 Å². The smallest absolute Gasteiger partial charge is 0.331 e. The maximum Gasteiger partial charge on any atom is 0.331 e. The van der Waals surface area contributed by atoms with Gasteiger partial charge in [-0.1, -0.05) is 0 Å². The number of ether oxygens (including phenoxy) is 2. The van der Waals surface area contributed by atoms with Gasteiger partial charge in [-0.15, -0.1) is 0 Å². The van der Waals surface area contributed by atoms with E-state index >= 15 is 0 Å².